The van der Waals surface area contributed by atoms with E-state index in [9.17, 15) is 9.59 Å². The van der Waals surface area contributed by atoms with E-state index in [1.807, 2.05) is 13.8 Å². The number of nitrogens with one attached hydrogen (secondary N) is 1. The predicted octanol–water partition coefficient (Wildman–Crippen LogP) is 4.93. The van der Waals surface area contributed by atoms with Gasteiger partial charge in [-0.25, -0.2) is 9.78 Å². The number of primary amides is 1. The normalized spacial score (nSPS) is 11.6. The molecule has 3 aromatic rings. The van der Waals surface area contributed by atoms with E-state index >= 15 is 0 Å². The summed E-state index contributed by atoms with van der Waals surface area (Å²) >= 11 is 12.3. The summed E-state index contributed by atoms with van der Waals surface area (Å²) in [6.07, 6.45) is 0.812. The number of rotatable bonds is 10. The first kappa shape index (κ1) is 26.1. The van der Waals surface area contributed by atoms with Gasteiger partial charge in [0.25, 0.3) is 5.91 Å². The molecule has 2 heterocycles. The highest BCUT2D eigenvalue weighted by molar-refractivity contribution is 6.35. The smallest absolute Gasteiger partial charge is 0.405 e. The number of hydrogen-bond acceptors (Lipinski definition) is 8. The first-order chi connectivity index (χ1) is 16.7. The second-order valence-corrected chi connectivity index (χ2v) is 7.92. The van der Waals surface area contributed by atoms with Crippen LogP contribution < -0.4 is 20.5 Å². The van der Waals surface area contributed by atoms with E-state index in [-0.39, 0.29) is 23.9 Å². The Labute approximate surface area is 211 Å². The molecule has 0 radical (unpaired) electrons. The molecule has 186 valence electrons. The quantitative estimate of drug-likeness (QED) is 0.382. The van der Waals surface area contributed by atoms with Crippen molar-refractivity contribution in [2.45, 2.75) is 33.4 Å². The fourth-order valence-electron chi connectivity index (χ4n) is 3.16. The second-order valence-electron chi connectivity index (χ2n) is 7.10. The van der Waals surface area contributed by atoms with Crippen molar-refractivity contribution in [2.75, 3.05) is 13.2 Å². The lowest BCUT2D eigenvalue weighted by Crippen LogP contribution is -2.25. The minimum absolute atomic E-state index is 0.00323. The van der Waals surface area contributed by atoms with Crippen LogP contribution in [0.4, 0.5) is 4.79 Å². The number of amides is 2. The number of benzene rings is 1. The summed E-state index contributed by atoms with van der Waals surface area (Å²) in [4.78, 5) is 32.6. The van der Waals surface area contributed by atoms with Gasteiger partial charge >= 0.3 is 6.09 Å². The number of halogens is 2. The van der Waals surface area contributed by atoms with Gasteiger partial charge in [0.2, 0.25) is 5.89 Å². The Morgan fingerprint density at radius 1 is 1.11 bits per heavy atom. The van der Waals surface area contributed by atoms with Crippen LogP contribution in [0.1, 0.15) is 48.7 Å². The molecule has 3 N–H and O–H groups in total. The molecular formula is C23H24Cl2N4O6. The van der Waals surface area contributed by atoms with Crippen molar-refractivity contribution < 1.29 is 28.2 Å². The van der Waals surface area contributed by atoms with Gasteiger partial charge in [0, 0.05) is 30.1 Å². The Bertz CT molecular complexity index is 1200. The maximum absolute atomic E-state index is 13.1. The third-order valence-electron chi connectivity index (χ3n) is 4.70. The topological polar surface area (TPSA) is 139 Å². The van der Waals surface area contributed by atoms with E-state index in [4.69, 9.17) is 47.6 Å². The van der Waals surface area contributed by atoms with Gasteiger partial charge in [0.15, 0.2) is 29.1 Å². The zero-order valence-corrected chi connectivity index (χ0v) is 20.8. The lowest BCUT2D eigenvalue weighted by molar-refractivity contribution is 0.0904. The summed E-state index contributed by atoms with van der Waals surface area (Å²) in [5.41, 5.74) is 6.06. The Morgan fingerprint density at radius 3 is 2.40 bits per heavy atom. The van der Waals surface area contributed by atoms with Crippen LogP contribution in [-0.4, -0.2) is 35.2 Å². The van der Waals surface area contributed by atoms with Crippen LogP contribution in [0.15, 0.2) is 35.0 Å². The number of carbonyl (C=O) groups is 2. The number of carbonyl (C=O) groups excluding carboxylic acids is 2. The van der Waals surface area contributed by atoms with Crippen molar-refractivity contribution in [1.29, 1.82) is 0 Å². The molecule has 10 nitrogen and oxygen atoms in total. The minimum Gasteiger partial charge on any atom is -0.490 e. The molecule has 2 aromatic heterocycles. The molecule has 0 aliphatic carbocycles. The number of ether oxygens (including phenoxy) is 3. The van der Waals surface area contributed by atoms with Gasteiger partial charge in [0.05, 0.1) is 23.3 Å². The van der Waals surface area contributed by atoms with Crippen molar-refractivity contribution >= 4 is 35.2 Å². The molecule has 1 aromatic carbocycles. The highest BCUT2D eigenvalue weighted by Crippen LogP contribution is 2.35. The number of hydrogen-bond donors (Lipinski definition) is 2. The van der Waals surface area contributed by atoms with Gasteiger partial charge in [-0.15, -0.1) is 0 Å². The van der Waals surface area contributed by atoms with Gasteiger partial charge < -0.3 is 29.7 Å². The molecule has 1 atom stereocenters. The molecule has 3 rings (SSSR count). The van der Waals surface area contributed by atoms with E-state index in [0.29, 0.717) is 45.9 Å². The van der Waals surface area contributed by atoms with Crippen LogP contribution in [-0.2, 0) is 11.3 Å². The maximum Gasteiger partial charge on any atom is 0.405 e. The van der Waals surface area contributed by atoms with Crippen LogP contribution in [0.5, 0.6) is 11.5 Å². The summed E-state index contributed by atoms with van der Waals surface area (Å²) < 4.78 is 22.1. The third-order valence-corrected chi connectivity index (χ3v) is 5.35. The largest absolute Gasteiger partial charge is 0.490 e. The molecule has 0 fully saturated rings. The van der Waals surface area contributed by atoms with E-state index in [0.717, 1.165) is 0 Å². The minimum atomic E-state index is -1.03. The molecule has 0 aliphatic heterocycles. The first-order valence-corrected chi connectivity index (χ1v) is 11.4. The van der Waals surface area contributed by atoms with Gasteiger partial charge in [-0.1, -0.05) is 23.2 Å². The van der Waals surface area contributed by atoms with Crippen molar-refractivity contribution in [3.05, 3.63) is 57.7 Å². The molecule has 35 heavy (non-hydrogen) atoms. The second kappa shape index (κ2) is 11.8. The van der Waals surface area contributed by atoms with Crippen LogP contribution in [0.2, 0.25) is 10.0 Å². The molecule has 0 aliphatic rings. The van der Waals surface area contributed by atoms with Crippen LogP contribution in [0, 0.1) is 0 Å². The Morgan fingerprint density at radius 2 is 1.77 bits per heavy atom. The Kier molecular flexibility index (Phi) is 8.78. The van der Waals surface area contributed by atoms with Crippen molar-refractivity contribution in [3.63, 3.8) is 0 Å². The maximum atomic E-state index is 13.1. The van der Waals surface area contributed by atoms with Crippen molar-refractivity contribution in [3.8, 4) is 23.0 Å². The molecule has 1 unspecified atom stereocenters. The Balaban J connectivity index is 1.96. The van der Waals surface area contributed by atoms with E-state index in [1.54, 1.807) is 18.2 Å². The van der Waals surface area contributed by atoms with Crippen molar-refractivity contribution in [1.82, 2.24) is 15.3 Å². The van der Waals surface area contributed by atoms with Gasteiger partial charge in [0.1, 0.15) is 0 Å². The summed E-state index contributed by atoms with van der Waals surface area (Å²) in [6, 6.07) is 5.10. The highest BCUT2D eigenvalue weighted by Gasteiger charge is 2.27. The number of oxazole rings is 1. The predicted molar refractivity (Wildman–Crippen MR) is 129 cm³/mol. The van der Waals surface area contributed by atoms with Crippen LogP contribution >= 0.6 is 23.2 Å². The summed E-state index contributed by atoms with van der Waals surface area (Å²) in [7, 11) is 0. The summed E-state index contributed by atoms with van der Waals surface area (Å²) in [6.45, 7) is 6.09. The SMILES string of the molecule is CCOc1ccc(-c2nc(C(=O)NCc3c(Cl)cncc3Cl)c(C(C)OC(N)=O)o2)cc1OCC. The van der Waals surface area contributed by atoms with E-state index in [1.165, 1.54) is 19.3 Å². The molecule has 0 saturated heterocycles. The zero-order valence-electron chi connectivity index (χ0n) is 19.3. The lowest BCUT2D eigenvalue weighted by Gasteiger charge is -2.11. The lowest BCUT2D eigenvalue weighted by atomic mass is 10.2. The fourth-order valence-corrected chi connectivity index (χ4v) is 3.66. The summed E-state index contributed by atoms with van der Waals surface area (Å²) in [5, 5.41) is 3.28. The molecular weight excluding hydrogens is 499 g/mol. The zero-order chi connectivity index (χ0) is 25.5. The molecule has 0 saturated carbocycles. The third kappa shape index (κ3) is 6.34. The van der Waals surface area contributed by atoms with Crippen molar-refractivity contribution in [2.24, 2.45) is 5.73 Å². The number of nitrogens with two attached hydrogens (primary N) is 1. The van der Waals surface area contributed by atoms with Crippen LogP contribution in [0.25, 0.3) is 11.5 Å². The van der Waals surface area contributed by atoms with Crippen LogP contribution in [0.3, 0.4) is 0 Å². The van der Waals surface area contributed by atoms with E-state index < -0.39 is 18.1 Å². The van der Waals surface area contributed by atoms with Gasteiger partial charge in [-0.05, 0) is 39.0 Å². The number of nitrogens with zero attached hydrogens (tertiary/aromatic N) is 2. The molecule has 0 bridgehead atoms. The highest BCUT2D eigenvalue weighted by atomic mass is 35.5. The standard InChI is InChI=1S/C23H24Cl2N4O6/c1-4-32-17-7-6-13(8-18(17)33-5-2)22-29-19(20(35-22)12(3)34-23(26)31)21(30)28-9-14-15(24)10-27-11-16(14)25/h6-8,10-12H,4-5,9H2,1-3H3,(H2,26,31)(H,28,30). The van der Waals surface area contributed by atoms with E-state index in [2.05, 4.69) is 15.3 Å². The average molecular weight is 523 g/mol. The number of aromatic nitrogens is 2. The van der Waals surface area contributed by atoms with Gasteiger partial charge in [-0.2, -0.15) is 0 Å². The summed E-state index contributed by atoms with van der Waals surface area (Å²) in [5.74, 6) is 0.555. The first-order valence-electron chi connectivity index (χ1n) is 10.7. The van der Waals surface area contributed by atoms with Gasteiger partial charge in [-0.3, -0.25) is 9.78 Å². The monoisotopic (exact) mass is 522 g/mol. The number of pyridine rings is 1. The molecule has 2 amide bonds. The average Bonchev–Trinajstić information content (AvgIpc) is 3.25. The Hall–Kier alpha value is -3.50. The molecule has 0 spiro atoms. The molecule has 12 heteroatoms. The fraction of sp³-hybridized carbons (Fsp3) is 0.304.